The molecule has 5 nitrogen and oxygen atoms in total. The van der Waals surface area contributed by atoms with Crippen molar-refractivity contribution in [2.24, 2.45) is 0 Å². The Bertz CT molecular complexity index is 853. The van der Waals surface area contributed by atoms with Crippen LogP contribution in [0.3, 0.4) is 0 Å². The lowest BCUT2D eigenvalue weighted by molar-refractivity contribution is 0.102. The summed E-state index contributed by atoms with van der Waals surface area (Å²) in [7, 11) is -3.52. The van der Waals surface area contributed by atoms with Crippen LogP contribution in [-0.2, 0) is 10.0 Å². The standard InChI is InChI=1S/C17H19ClN2O3S2/c1-3-10-19-25(22,23)14-7-4-12(5-8-14)20-17(21)15-11-13(24-2)6-9-16(15)18/h4-9,11,19H,3,10H2,1-2H3,(H,20,21). The van der Waals surface area contributed by atoms with Gasteiger partial charge in [0.1, 0.15) is 0 Å². The third-order valence-electron chi connectivity index (χ3n) is 3.38. The van der Waals surface area contributed by atoms with Gasteiger partial charge in [-0.3, -0.25) is 4.79 Å². The number of hydrogen-bond acceptors (Lipinski definition) is 4. The molecule has 0 aromatic heterocycles. The molecule has 0 aliphatic carbocycles. The minimum Gasteiger partial charge on any atom is -0.322 e. The maximum absolute atomic E-state index is 12.4. The van der Waals surface area contributed by atoms with Crippen LogP contribution in [0.5, 0.6) is 0 Å². The first-order chi connectivity index (χ1) is 11.9. The van der Waals surface area contributed by atoms with Gasteiger partial charge >= 0.3 is 0 Å². The second kappa shape index (κ2) is 8.71. The van der Waals surface area contributed by atoms with Crippen LogP contribution < -0.4 is 10.0 Å². The van der Waals surface area contributed by atoms with Gasteiger partial charge < -0.3 is 5.32 Å². The maximum atomic E-state index is 12.4. The van der Waals surface area contributed by atoms with Crippen molar-refractivity contribution in [2.75, 3.05) is 18.1 Å². The number of thioether (sulfide) groups is 1. The van der Waals surface area contributed by atoms with E-state index in [0.717, 1.165) is 4.90 Å². The number of hydrogen-bond donors (Lipinski definition) is 2. The molecule has 2 aromatic carbocycles. The van der Waals surface area contributed by atoms with E-state index in [4.69, 9.17) is 11.6 Å². The Morgan fingerprint density at radius 2 is 1.84 bits per heavy atom. The van der Waals surface area contributed by atoms with Crippen molar-refractivity contribution in [1.82, 2.24) is 4.72 Å². The lowest BCUT2D eigenvalue weighted by atomic mass is 10.2. The van der Waals surface area contributed by atoms with Crippen molar-refractivity contribution in [3.05, 3.63) is 53.1 Å². The zero-order chi connectivity index (χ0) is 18.4. The zero-order valence-electron chi connectivity index (χ0n) is 13.9. The average molecular weight is 399 g/mol. The highest BCUT2D eigenvalue weighted by atomic mass is 35.5. The SMILES string of the molecule is CCCNS(=O)(=O)c1ccc(NC(=O)c2cc(SC)ccc2Cl)cc1. The summed E-state index contributed by atoms with van der Waals surface area (Å²) in [5, 5.41) is 3.08. The van der Waals surface area contributed by atoms with Crippen LogP contribution in [-0.4, -0.2) is 27.1 Å². The fraction of sp³-hybridized carbons (Fsp3) is 0.235. The Morgan fingerprint density at radius 1 is 1.16 bits per heavy atom. The summed E-state index contributed by atoms with van der Waals surface area (Å²) in [6.07, 6.45) is 2.62. The van der Waals surface area contributed by atoms with Gasteiger partial charge in [-0.2, -0.15) is 0 Å². The molecule has 2 rings (SSSR count). The van der Waals surface area contributed by atoms with Crippen LogP contribution in [0.2, 0.25) is 5.02 Å². The lowest BCUT2D eigenvalue weighted by Gasteiger charge is -2.09. The summed E-state index contributed by atoms with van der Waals surface area (Å²) in [5.41, 5.74) is 0.861. The average Bonchev–Trinajstić information content (AvgIpc) is 2.61. The molecule has 0 spiro atoms. The molecule has 8 heteroatoms. The molecule has 25 heavy (non-hydrogen) atoms. The van der Waals surface area contributed by atoms with E-state index in [2.05, 4.69) is 10.0 Å². The zero-order valence-corrected chi connectivity index (χ0v) is 16.3. The van der Waals surface area contributed by atoms with Crippen molar-refractivity contribution >= 4 is 45.0 Å². The summed E-state index contributed by atoms with van der Waals surface area (Å²) in [6, 6.07) is 11.2. The van der Waals surface area contributed by atoms with E-state index < -0.39 is 10.0 Å². The highest BCUT2D eigenvalue weighted by Crippen LogP contribution is 2.24. The van der Waals surface area contributed by atoms with Crippen LogP contribution >= 0.6 is 23.4 Å². The van der Waals surface area contributed by atoms with Crippen molar-refractivity contribution in [3.63, 3.8) is 0 Å². The summed E-state index contributed by atoms with van der Waals surface area (Å²) in [4.78, 5) is 13.5. The predicted molar refractivity (Wildman–Crippen MR) is 103 cm³/mol. The molecule has 0 fully saturated rings. The second-order valence-corrected chi connectivity index (χ2v) is 8.28. The molecule has 0 saturated heterocycles. The highest BCUT2D eigenvalue weighted by Gasteiger charge is 2.14. The van der Waals surface area contributed by atoms with Gasteiger partial charge in [-0.1, -0.05) is 18.5 Å². The molecular formula is C17H19ClN2O3S2. The van der Waals surface area contributed by atoms with E-state index in [1.165, 1.54) is 23.9 Å². The number of benzene rings is 2. The van der Waals surface area contributed by atoms with E-state index in [-0.39, 0.29) is 10.8 Å². The molecule has 0 radical (unpaired) electrons. The summed E-state index contributed by atoms with van der Waals surface area (Å²) in [6.45, 7) is 2.27. The molecule has 0 heterocycles. The van der Waals surface area contributed by atoms with Gasteiger partial charge in [0.05, 0.1) is 15.5 Å². The monoisotopic (exact) mass is 398 g/mol. The lowest BCUT2D eigenvalue weighted by Crippen LogP contribution is -2.24. The van der Waals surface area contributed by atoms with Crippen molar-refractivity contribution in [3.8, 4) is 0 Å². The molecule has 0 unspecified atom stereocenters. The Hall–Kier alpha value is -1.54. The minimum absolute atomic E-state index is 0.154. The first-order valence-corrected chi connectivity index (χ1v) is 10.7. The highest BCUT2D eigenvalue weighted by molar-refractivity contribution is 7.98. The Balaban J connectivity index is 2.15. The van der Waals surface area contributed by atoms with Gasteiger partial charge in [0.15, 0.2) is 0 Å². The van der Waals surface area contributed by atoms with Crippen molar-refractivity contribution in [2.45, 2.75) is 23.1 Å². The topological polar surface area (TPSA) is 75.3 Å². The summed E-state index contributed by atoms with van der Waals surface area (Å²) >= 11 is 7.60. The van der Waals surface area contributed by atoms with Crippen molar-refractivity contribution in [1.29, 1.82) is 0 Å². The predicted octanol–water partition coefficient (Wildman–Crippen LogP) is 4.00. The van der Waals surface area contributed by atoms with E-state index in [0.29, 0.717) is 29.2 Å². The first-order valence-electron chi connectivity index (χ1n) is 7.62. The van der Waals surface area contributed by atoms with Crippen LogP contribution in [0.15, 0.2) is 52.3 Å². The molecule has 0 bridgehead atoms. The van der Waals surface area contributed by atoms with Gasteiger partial charge in [0, 0.05) is 17.1 Å². The van der Waals surface area contributed by atoms with Gasteiger partial charge in [0.25, 0.3) is 5.91 Å². The molecule has 2 N–H and O–H groups in total. The molecule has 0 aliphatic rings. The number of rotatable bonds is 7. The molecule has 0 atom stereocenters. The Kier molecular flexibility index (Phi) is 6.89. The second-order valence-electron chi connectivity index (χ2n) is 5.22. The minimum atomic E-state index is -3.52. The number of anilines is 1. The van der Waals surface area contributed by atoms with Gasteiger partial charge in [-0.25, -0.2) is 13.1 Å². The number of halogens is 1. The van der Waals surface area contributed by atoms with Crippen molar-refractivity contribution < 1.29 is 13.2 Å². The van der Waals surface area contributed by atoms with Crippen LogP contribution in [0, 0.1) is 0 Å². The van der Waals surface area contributed by atoms with Crippen LogP contribution in [0.25, 0.3) is 0 Å². The van der Waals surface area contributed by atoms with E-state index in [1.807, 2.05) is 19.2 Å². The van der Waals surface area contributed by atoms with E-state index >= 15 is 0 Å². The Labute approximate surface area is 157 Å². The number of sulfonamides is 1. The number of amides is 1. The molecular weight excluding hydrogens is 380 g/mol. The fourth-order valence-corrected chi connectivity index (χ4v) is 3.82. The third kappa shape index (κ3) is 5.22. The van der Waals surface area contributed by atoms with Crippen LogP contribution in [0.1, 0.15) is 23.7 Å². The van der Waals surface area contributed by atoms with Gasteiger partial charge in [-0.05, 0) is 55.1 Å². The quantitative estimate of drug-likeness (QED) is 0.691. The number of carbonyl (C=O) groups excluding carboxylic acids is 1. The van der Waals surface area contributed by atoms with E-state index in [1.54, 1.807) is 24.3 Å². The normalized spacial score (nSPS) is 11.3. The maximum Gasteiger partial charge on any atom is 0.257 e. The summed E-state index contributed by atoms with van der Waals surface area (Å²) < 4.78 is 26.6. The summed E-state index contributed by atoms with van der Waals surface area (Å²) in [5.74, 6) is -0.347. The molecule has 0 saturated carbocycles. The Morgan fingerprint density at radius 3 is 2.44 bits per heavy atom. The van der Waals surface area contributed by atoms with Gasteiger partial charge in [0.2, 0.25) is 10.0 Å². The molecule has 134 valence electrons. The molecule has 0 aliphatic heterocycles. The molecule has 1 amide bonds. The first kappa shape index (κ1) is 19.8. The van der Waals surface area contributed by atoms with E-state index in [9.17, 15) is 13.2 Å². The number of nitrogens with one attached hydrogen (secondary N) is 2. The van der Waals surface area contributed by atoms with Crippen LogP contribution in [0.4, 0.5) is 5.69 Å². The fourth-order valence-electron chi connectivity index (χ4n) is 2.04. The smallest absolute Gasteiger partial charge is 0.257 e. The third-order valence-corrected chi connectivity index (χ3v) is 5.91. The molecule has 2 aromatic rings. The largest absolute Gasteiger partial charge is 0.322 e. The van der Waals surface area contributed by atoms with Gasteiger partial charge in [-0.15, -0.1) is 11.8 Å². The number of carbonyl (C=O) groups is 1.